The van der Waals surface area contributed by atoms with Crippen molar-refractivity contribution in [1.82, 2.24) is 15.0 Å². The Morgan fingerprint density at radius 1 is 1.22 bits per heavy atom. The lowest BCUT2D eigenvalue weighted by molar-refractivity contribution is -0.130. The molecular weight excluding hydrogens is 368 g/mol. The van der Waals surface area contributed by atoms with Gasteiger partial charge in [0.05, 0.1) is 11.8 Å². The molecule has 0 spiro atoms. The summed E-state index contributed by atoms with van der Waals surface area (Å²) in [6.45, 7) is 1.22. The third kappa shape index (κ3) is 4.20. The van der Waals surface area contributed by atoms with Crippen molar-refractivity contribution in [3.8, 4) is 11.4 Å². The molecule has 8 heteroatoms. The van der Waals surface area contributed by atoms with Crippen LogP contribution in [0.1, 0.15) is 23.8 Å². The van der Waals surface area contributed by atoms with Crippen LogP contribution in [0.5, 0.6) is 0 Å². The molecule has 7 nitrogen and oxygen atoms in total. The number of aryl methyl sites for hydroxylation is 1. The first-order chi connectivity index (χ1) is 12.7. The Kier molecular flexibility index (Phi) is 5.93. The van der Waals surface area contributed by atoms with E-state index in [1.807, 2.05) is 23.1 Å². The number of benzene rings is 1. The van der Waals surface area contributed by atoms with Crippen LogP contribution in [0.25, 0.3) is 11.4 Å². The molecule has 142 valence electrons. The third-order valence-corrected chi connectivity index (χ3v) is 4.75. The highest BCUT2D eigenvalue weighted by molar-refractivity contribution is 5.85. The summed E-state index contributed by atoms with van der Waals surface area (Å²) in [5, 5.41) is 3.91. The fourth-order valence-corrected chi connectivity index (χ4v) is 3.32. The highest BCUT2D eigenvalue weighted by Gasteiger charge is 2.33. The summed E-state index contributed by atoms with van der Waals surface area (Å²) < 4.78 is 10.2. The zero-order valence-corrected chi connectivity index (χ0v) is 15.5. The van der Waals surface area contributed by atoms with E-state index in [-0.39, 0.29) is 30.3 Å². The molecule has 4 rings (SSSR count). The monoisotopic (exact) mass is 388 g/mol. The third-order valence-electron chi connectivity index (χ3n) is 4.75. The number of nitrogens with zero attached hydrogens (tertiary/aromatic N) is 3. The van der Waals surface area contributed by atoms with E-state index in [4.69, 9.17) is 14.7 Å². The standard InChI is InChI=1S/C19H20N4O3.ClH/c20-16-11-23(10-15(16)13-4-2-1-3-5-13)18(24)7-6-17-21-19(22-26-17)14-8-9-25-12-14;/h1-5,8-9,12,15-16H,6-7,10-11,20H2;1H/t15-,16+;/m0./s1. The Morgan fingerprint density at radius 3 is 2.78 bits per heavy atom. The van der Waals surface area contributed by atoms with E-state index >= 15 is 0 Å². The fraction of sp³-hybridized carbons (Fsp3) is 0.316. The number of carbonyl (C=O) groups is 1. The van der Waals surface area contributed by atoms with Crippen molar-refractivity contribution in [1.29, 1.82) is 0 Å². The smallest absolute Gasteiger partial charge is 0.227 e. The first-order valence-electron chi connectivity index (χ1n) is 8.64. The van der Waals surface area contributed by atoms with Gasteiger partial charge in [-0.1, -0.05) is 35.5 Å². The second-order valence-electron chi connectivity index (χ2n) is 6.50. The van der Waals surface area contributed by atoms with Crippen molar-refractivity contribution in [2.24, 2.45) is 5.73 Å². The SMILES string of the molecule is Cl.N[C@@H]1CN(C(=O)CCc2nc(-c3ccoc3)no2)C[C@H]1c1ccccc1. The number of amides is 1. The molecule has 0 unspecified atom stereocenters. The number of halogens is 1. The minimum atomic E-state index is -0.0440. The van der Waals surface area contributed by atoms with Crippen molar-refractivity contribution >= 4 is 18.3 Å². The number of carbonyl (C=O) groups excluding carboxylic acids is 1. The van der Waals surface area contributed by atoms with Crippen molar-refractivity contribution in [2.45, 2.75) is 24.8 Å². The van der Waals surface area contributed by atoms with Crippen LogP contribution in [0.3, 0.4) is 0 Å². The molecule has 3 heterocycles. The van der Waals surface area contributed by atoms with Crippen LogP contribution < -0.4 is 5.73 Å². The van der Waals surface area contributed by atoms with Gasteiger partial charge in [0.1, 0.15) is 6.26 Å². The predicted octanol–water partition coefficient (Wildman–Crippen LogP) is 2.64. The number of aromatic nitrogens is 2. The minimum absolute atomic E-state index is 0. The molecule has 0 saturated carbocycles. The first kappa shape index (κ1) is 19.1. The molecule has 1 aliphatic rings. The predicted molar refractivity (Wildman–Crippen MR) is 101 cm³/mol. The van der Waals surface area contributed by atoms with Crippen LogP contribution >= 0.6 is 12.4 Å². The molecule has 1 fully saturated rings. The molecule has 3 aromatic rings. The molecule has 1 aliphatic heterocycles. The molecule has 1 amide bonds. The van der Waals surface area contributed by atoms with E-state index in [1.54, 1.807) is 18.6 Å². The van der Waals surface area contributed by atoms with E-state index in [0.29, 0.717) is 37.6 Å². The highest BCUT2D eigenvalue weighted by atomic mass is 35.5. The van der Waals surface area contributed by atoms with Crippen LogP contribution in [0, 0.1) is 0 Å². The molecule has 1 aromatic carbocycles. The molecule has 0 aliphatic carbocycles. The van der Waals surface area contributed by atoms with Crippen molar-refractivity contribution < 1.29 is 13.7 Å². The van der Waals surface area contributed by atoms with E-state index in [2.05, 4.69) is 22.3 Å². The number of hydrogen-bond acceptors (Lipinski definition) is 6. The Hall–Kier alpha value is -2.64. The average Bonchev–Trinajstić information content (AvgIpc) is 3.40. The summed E-state index contributed by atoms with van der Waals surface area (Å²) in [6.07, 6.45) is 3.83. The first-order valence-corrected chi connectivity index (χ1v) is 8.64. The number of furan rings is 1. The topological polar surface area (TPSA) is 98.4 Å². The zero-order valence-electron chi connectivity index (χ0n) is 14.7. The summed E-state index contributed by atoms with van der Waals surface area (Å²) in [4.78, 5) is 18.7. The Morgan fingerprint density at radius 2 is 2.04 bits per heavy atom. The molecule has 2 aromatic heterocycles. The summed E-state index contributed by atoms with van der Waals surface area (Å²) in [5.41, 5.74) is 8.19. The van der Waals surface area contributed by atoms with Crippen LogP contribution in [-0.4, -0.2) is 40.1 Å². The van der Waals surface area contributed by atoms with Gasteiger partial charge in [0.2, 0.25) is 17.6 Å². The van der Waals surface area contributed by atoms with Gasteiger partial charge in [-0.3, -0.25) is 4.79 Å². The molecule has 0 bridgehead atoms. The van der Waals surface area contributed by atoms with E-state index < -0.39 is 0 Å². The Labute approximate surface area is 162 Å². The van der Waals surface area contributed by atoms with Crippen molar-refractivity contribution in [2.75, 3.05) is 13.1 Å². The lowest BCUT2D eigenvalue weighted by Gasteiger charge is -2.16. The summed E-state index contributed by atoms with van der Waals surface area (Å²) >= 11 is 0. The van der Waals surface area contributed by atoms with Gasteiger partial charge in [0, 0.05) is 37.9 Å². The number of hydrogen-bond donors (Lipinski definition) is 1. The second kappa shape index (κ2) is 8.37. The lowest BCUT2D eigenvalue weighted by atomic mass is 9.95. The van der Waals surface area contributed by atoms with Crippen LogP contribution in [-0.2, 0) is 11.2 Å². The van der Waals surface area contributed by atoms with Gasteiger partial charge < -0.3 is 19.6 Å². The van der Waals surface area contributed by atoms with Crippen LogP contribution in [0.4, 0.5) is 0 Å². The maximum atomic E-state index is 12.5. The maximum absolute atomic E-state index is 12.5. The van der Waals surface area contributed by atoms with E-state index in [1.165, 1.54) is 5.56 Å². The maximum Gasteiger partial charge on any atom is 0.227 e. The molecular formula is C19H21ClN4O3. The Bertz CT molecular complexity index is 866. The lowest BCUT2D eigenvalue weighted by Crippen LogP contribution is -2.32. The molecule has 2 atom stereocenters. The largest absolute Gasteiger partial charge is 0.472 e. The van der Waals surface area contributed by atoms with Gasteiger partial charge in [-0.05, 0) is 11.6 Å². The molecule has 1 saturated heterocycles. The normalized spacial score (nSPS) is 19.1. The van der Waals surface area contributed by atoms with Crippen molar-refractivity contribution in [3.63, 3.8) is 0 Å². The van der Waals surface area contributed by atoms with E-state index in [9.17, 15) is 4.79 Å². The average molecular weight is 389 g/mol. The van der Waals surface area contributed by atoms with Crippen LogP contribution in [0.2, 0.25) is 0 Å². The van der Waals surface area contributed by atoms with Crippen molar-refractivity contribution in [3.05, 3.63) is 60.4 Å². The molecule has 2 N–H and O–H groups in total. The van der Waals surface area contributed by atoms with Gasteiger partial charge >= 0.3 is 0 Å². The Balaban J connectivity index is 0.00000210. The summed E-state index contributed by atoms with van der Waals surface area (Å²) in [6, 6.07) is 11.8. The number of rotatable bonds is 5. The number of likely N-dealkylation sites (tertiary alicyclic amines) is 1. The van der Waals surface area contributed by atoms with Gasteiger partial charge in [-0.15, -0.1) is 12.4 Å². The fourth-order valence-electron chi connectivity index (χ4n) is 3.32. The number of nitrogens with two attached hydrogens (primary N) is 1. The van der Waals surface area contributed by atoms with Gasteiger partial charge in [0.25, 0.3) is 0 Å². The molecule has 0 radical (unpaired) electrons. The van der Waals surface area contributed by atoms with Gasteiger partial charge in [-0.2, -0.15) is 4.98 Å². The van der Waals surface area contributed by atoms with Gasteiger partial charge in [0.15, 0.2) is 0 Å². The second-order valence-corrected chi connectivity index (χ2v) is 6.50. The van der Waals surface area contributed by atoms with Gasteiger partial charge in [-0.25, -0.2) is 0 Å². The minimum Gasteiger partial charge on any atom is -0.472 e. The highest BCUT2D eigenvalue weighted by Crippen LogP contribution is 2.27. The van der Waals surface area contributed by atoms with Crippen LogP contribution in [0.15, 0.2) is 57.9 Å². The summed E-state index contributed by atoms with van der Waals surface area (Å²) in [5.74, 6) is 1.14. The summed E-state index contributed by atoms with van der Waals surface area (Å²) in [7, 11) is 0. The quantitative estimate of drug-likeness (QED) is 0.721. The van der Waals surface area contributed by atoms with E-state index in [0.717, 1.165) is 5.56 Å². The molecule has 27 heavy (non-hydrogen) atoms. The zero-order chi connectivity index (χ0) is 17.9.